The van der Waals surface area contributed by atoms with Gasteiger partial charge in [0, 0.05) is 0 Å². The van der Waals surface area contributed by atoms with Crippen molar-refractivity contribution in [3.05, 3.63) is 0 Å². The summed E-state index contributed by atoms with van der Waals surface area (Å²) in [5.74, 6) is 8.97. The summed E-state index contributed by atoms with van der Waals surface area (Å²) >= 11 is 0. The molecule has 4 bridgehead atoms. The predicted molar refractivity (Wildman–Crippen MR) is 59.7 cm³/mol. The molecule has 0 spiro atoms. The number of epoxide rings is 1. The van der Waals surface area contributed by atoms with E-state index in [0.717, 1.165) is 47.7 Å². The molecule has 0 aromatic heterocycles. The van der Waals surface area contributed by atoms with Crippen LogP contribution in [0.4, 0.5) is 0 Å². The van der Waals surface area contributed by atoms with Crippen molar-refractivity contribution in [1.29, 1.82) is 0 Å². The number of hydrogen-bond acceptors (Lipinski definition) is 1. The molecule has 5 saturated carbocycles. The van der Waals surface area contributed by atoms with Crippen LogP contribution in [0.1, 0.15) is 32.1 Å². The van der Waals surface area contributed by atoms with Gasteiger partial charge < -0.3 is 4.74 Å². The van der Waals surface area contributed by atoms with Gasteiger partial charge in [0.05, 0.1) is 12.2 Å². The number of fused-ring (bicyclic) bond motifs is 15. The van der Waals surface area contributed by atoms with Crippen molar-refractivity contribution in [1.82, 2.24) is 0 Å². The van der Waals surface area contributed by atoms with E-state index in [0.29, 0.717) is 0 Å². The fourth-order valence-electron chi connectivity index (χ4n) is 7.57. The molecule has 86 valence electrons. The molecule has 6 aliphatic rings. The molecule has 16 heavy (non-hydrogen) atoms. The van der Waals surface area contributed by atoms with Gasteiger partial charge in [0.2, 0.25) is 0 Å². The van der Waals surface area contributed by atoms with E-state index in [4.69, 9.17) is 4.74 Å². The minimum Gasteiger partial charge on any atom is -0.369 e. The molecule has 5 aliphatic carbocycles. The third kappa shape index (κ3) is 0.652. The minimum atomic E-state index is 0.755. The lowest BCUT2D eigenvalue weighted by atomic mass is 9.64. The summed E-state index contributed by atoms with van der Waals surface area (Å²) in [7, 11) is 0. The van der Waals surface area contributed by atoms with Gasteiger partial charge >= 0.3 is 0 Å². The van der Waals surface area contributed by atoms with Crippen molar-refractivity contribution in [2.75, 3.05) is 0 Å². The molecule has 9 unspecified atom stereocenters. The van der Waals surface area contributed by atoms with Crippen molar-refractivity contribution in [2.24, 2.45) is 47.3 Å². The van der Waals surface area contributed by atoms with Gasteiger partial charge in [-0.1, -0.05) is 6.42 Å². The molecule has 0 aromatic carbocycles. The molecule has 1 heterocycles. The van der Waals surface area contributed by atoms with Gasteiger partial charge in [0.25, 0.3) is 0 Å². The van der Waals surface area contributed by atoms with Crippen LogP contribution in [0, 0.1) is 47.3 Å². The lowest BCUT2D eigenvalue weighted by Crippen LogP contribution is -2.38. The van der Waals surface area contributed by atoms with Crippen molar-refractivity contribution >= 4 is 0 Å². The first kappa shape index (κ1) is 8.13. The highest BCUT2D eigenvalue weighted by molar-refractivity contribution is 5.22. The zero-order valence-corrected chi connectivity index (χ0v) is 9.72. The summed E-state index contributed by atoms with van der Waals surface area (Å²) < 4.78 is 5.92. The third-order valence-corrected chi connectivity index (χ3v) is 7.64. The Kier molecular flexibility index (Phi) is 1.15. The maximum atomic E-state index is 5.92. The second-order valence-corrected chi connectivity index (χ2v) is 7.61. The third-order valence-electron chi connectivity index (χ3n) is 7.64. The molecule has 10 atom stereocenters. The van der Waals surface area contributed by atoms with E-state index in [1.165, 1.54) is 11.8 Å². The lowest BCUT2D eigenvalue weighted by Gasteiger charge is -2.39. The molecule has 1 saturated heterocycles. The predicted octanol–water partition coefficient (Wildman–Crippen LogP) is 2.70. The number of hydrogen-bond donors (Lipinski definition) is 0. The molecular weight excluding hydrogens is 196 g/mol. The molecular formula is C15H20O. The fourth-order valence-corrected chi connectivity index (χ4v) is 7.57. The average Bonchev–Trinajstić information content (AvgIpc) is 2.77. The fraction of sp³-hybridized carbons (Fsp3) is 1.00. The van der Waals surface area contributed by atoms with E-state index >= 15 is 0 Å². The van der Waals surface area contributed by atoms with Crippen LogP contribution in [0.25, 0.3) is 0 Å². The number of ether oxygens (including phenoxy) is 1. The number of rotatable bonds is 0. The molecule has 0 N–H and O–H groups in total. The van der Waals surface area contributed by atoms with Gasteiger partial charge in [-0.15, -0.1) is 0 Å². The zero-order valence-electron chi connectivity index (χ0n) is 9.72. The van der Waals surface area contributed by atoms with E-state index < -0.39 is 0 Å². The largest absolute Gasteiger partial charge is 0.369 e. The summed E-state index contributed by atoms with van der Waals surface area (Å²) in [5, 5.41) is 0. The molecule has 6 fully saturated rings. The Balaban J connectivity index is 1.48. The summed E-state index contributed by atoms with van der Waals surface area (Å²) in [4.78, 5) is 0. The highest BCUT2D eigenvalue weighted by Gasteiger charge is 2.74. The van der Waals surface area contributed by atoms with Gasteiger partial charge in [-0.05, 0) is 73.0 Å². The van der Waals surface area contributed by atoms with Gasteiger partial charge in [-0.25, -0.2) is 0 Å². The van der Waals surface area contributed by atoms with Crippen LogP contribution in [0.5, 0.6) is 0 Å². The van der Waals surface area contributed by atoms with Gasteiger partial charge in [0.1, 0.15) is 0 Å². The van der Waals surface area contributed by atoms with Crippen molar-refractivity contribution in [3.63, 3.8) is 0 Å². The zero-order chi connectivity index (χ0) is 10.0. The smallest absolute Gasteiger partial charge is 0.0875 e. The van der Waals surface area contributed by atoms with E-state index in [-0.39, 0.29) is 0 Å². The summed E-state index contributed by atoms with van der Waals surface area (Å²) in [6, 6.07) is 0. The Hall–Kier alpha value is -0.0400. The van der Waals surface area contributed by atoms with E-state index in [1.54, 1.807) is 32.1 Å². The molecule has 1 heteroatoms. The standard InChI is InChI=1S/C15H20O/c1-2-6-7(3-1)9-4-8(6)12-10-5-11(13(9)12)15-14(10)16-15/h6-15H,1-5H2/t6?,7?,8?,9?,10?,11?,12?,13?,14-,15?/m0/s1. The average molecular weight is 216 g/mol. The van der Waals surface area contributed by atoms with Crippen molar-refractivity contribution in [2.45, 2.75) is 44.3 Å². The summed E-state index contributed by atoms with van der Waals surface area (Å²) in [6.45, 7) is 0. The van der Waals surface area contributed by atoms with Gasteiger partial charge in [-0.2, -0.15) is 0 Å². The van der Waals surface area contributed by atoms with Crippen LogP contribution >= 0.6 is 0 Å². The monoisotopic (exact) mass is 216 g/mol. The Bertz CT molecular complexity index is 346. The topological polar surface area (TPSA) is 12.5 Å². The first-order valence-electron chi connectivity index (χ1n) is 7.59. The van der Waals surface area contributed by atoms with Crippen LogP contribution in [0.2, 0.25) is 0 Å². The van der Waals surface area contributed by atoms with E-state index in [9.17, 15) is 0 Å². The van der Waals surface area contributed by atoms with E-state index in [1.807, 2.05) is 0 Å². The molecule has 0 aromatic rings. The summed E-state index contributed by atoms with van der Waals surface area (Å²) in [5.41, 5.74) is 0. The summed E-state index contributed by atoms with van der Waals surface area (Å²) in [6.07, 6.45) is 9.44. The molecule has 6 rings (SSSR count). The SMILES string of the molecule is C1CC2C(C1)C1CC2C2C3CC(C12)[C@@H]1OC31. The Morgan fingerprint density at radius 3 is 1.81 bits per heavy atom. The first-order valence-corrected chi connectivity index (χ1v) is 7.59. The van der Waals surface area contributed by atoms with Gasteiger partial charge in [0.15, 0.2) is 0 Å². The van der Waals surface area contributed by atoms with Crippen LogP contribution < -0.4 is 0 Å². The van der Waals surface area contributed by atoms with Crippen LogP contribution in [-0.4, -0.2) is 12.2 Å². The molecule has 0 amide bonds. The molecule has 1 nitrogen and oxygen atoms in total. The quantitative estimate of drug-likeness (QED) is 0.448. The minimum absolute atomic E-state index is 0.755. The van der Waals surface area contributed by atoms with Crippen molar-refractivity contribution < 1.29 is 4.74 Å². The van der Waals surface area contributed by atoms with Crippen LogP contribution in [-0.2, 0) is 4.74 Å². The van der Waals surface area contributed by atoms with Crippen LogP contribution in [0.15, 0.2) is 0 Å². The maximum Gasteiger partial charge on any atom is 0.0875 e. The lowest BCUT2D eigenvalue weighted by molar-refractivity contribution is 0.0832. The normalized spacial score (nSPS) is 76.5. The van der Waals surface area contributed by atoms with E-state index in [2.05, 4.69) is 0 Å². The second kappa shape index (κ2) is 2.25. The second-order valence-electron chi connectivity index (χ2n) is 7.61. The highest BCUT2D eigenvalue weighted by atomic mass is 16.6. The molecule has 1 aliphatic heterocycles. The Labute approximate surface area is 96.9 Å². The maximum absolute atomic E-state index is 5.92. The van der Waals surface area contributed by atoms with Crippen LogP contribution in [0.3, 0.4) is 0 Å². The highest BCUT2D eigenvalue weighted by Crippen LogP contribution is 2.75. The Morgan fingerprint density at radius 1 is 0.625 bits per heavy atom. The first-order chi connectivity index (χ1) is 7.93. The van der Waals surface area contributed by atoms with Gasteiger partial charge in [-0.3, -0.25) is 0 Å². The molecule has 0 radical (unpaired) electrons. The van der Waals surface area contributed by atoms with Crippen molar-refractivity contribution in [3.8, 4) is 0 Å². The Morgan fingerprint density at radius 2 is 1.19 bits per heavy atom.